The lowest BCUT2D eigenvalue weighted by molar-refractivity contribution is -0.135. The molecule has 1 aromatic carbocycles. The second kappa shape index (κ2) is 4.77. The van der Waals surface area contributed by atoms with Crippen molar-refractivity contribution in [2.24, 2.45) is 5.92 Å². The summed E-state index contributed by atoms with van der Waals surface area (Å²) in [5.74, 6) is 0.781. The maximum absolute atomic E-state index is 12.9. The lowest BCUT2D eigenvalue weighted by Gasteiger charge is -2.33. The lowest BCUT2D eigenvalue weighted by Crippen LogP contribution is -2.49. The lowest BCUT2D eigenvalue weighted by atomic mass is 9.85. The Labute approximate surface area is 146 Å². The first-order valence-corrected chi connectivity index (χ1v) is 9.21. The van der Waals surface area contributed by atoms with E-state index in [1.165, 1.54) is 16.6 Å². The summed E-state index contributed by atoms with van der Waals surface area (Å²) in [6.07, 6.45) is 3.19. The van der Waals surface area contributed by atoms with Crippen molar-refractivity contribution in [2.45, 2.75) is 37.8 Å². The van der Waals surface area contributed by atoms with E-state index in [0.717, 1.165) is 42.9 Å². The van der Waals surface area contributed by atoms with Crippen LogP contribution in [0.25, 0.3) is 10.9 Å². The Hall–Kier alpha value is -1.52. The third-order valence-electron chi connectivity index (χ3n) is 6.65. The second-order valence-corrected chi connectivity index (χ2v) is 8.09. The number of carbonyl (C=O) groups excluding carboxylic acids is 1. The summed E-state index contributed by atoms with van der Waals surface area (Å²) in [7, 11) is 1.95. The van der Waals surface area contributed by atoms with Crippen LogP contribution in [0, 0.1) is 12.8 Å². The molecule has 1 N–H and O–H groups in total. The molecule has 5 heteroatoms. The highest BCUT2D eigenvalue weighted by atomic mass is 35.5. The molecule has 3 saturated heterocycles. The van der Waals surface area contributed by atoms with Gasteiger partial charge in [-0.1, -0.05) is 23.7 Å². The van der Waals surface area contributed by atoms with Crippen LogP contribution in [0.15, 0.2) is 18.2 Å². The largest absolute Gasteiger partial charge is 0.356 e. The van der Waals surface area contributed by atoms with E-state index in [9.17, 15) is 4.79 Å². The second-order valence-electron chi connectivity index (χ2n) is 7.68. The number of aryl methyl sites for hydroxylation is 1. The summed E-state index contributed by atoms with van der Waals surface area (Å²) in [5, 5.41) is 1.97. The molecule has 126 valence electrons. The zero-order valence-corrected chi connectivity index (χ0v) is 14.9. The monoisotopic (exact) mass is 343 g/mol. The van der Waals surface area contributed by atoms with E-state index in [0.29, 0.717) is 17.9 Å². The Bertz CT molecular complexity index is 860. The average Bonchev–Trinajstić information content (AvgIpc) is 3.25. The molecule has 1 aromatic heterocycles. The minimum Gasteiger partial charge on any atom is -0.356 e. The first kappa shape index (κ1) is 14.8. The van der Waals surface area contributed by atoms with E-state index in [2.05, 4.69) is 22.9 Å². The van der Waals surface area contributed by atoms with E-state index in [-0.39, 0.29) is 5.54 Å². The van der Waals surface area contributed by atoms with E-state index in [1.54, 1.807) is 0 Å². The quantitative estimate of drug-likeness (QED) is 0.860. The van der Waals surface area contributed by atoms with Gasteiger partial charge in [-0.05, 0) is 44.4 Å². The van der Waals surface area contributed by atoms with Gasteiger partial charge in [0.05, 0.1) is 16.6 Å². The van der Waals surface area contributed by atoms with Crippen molar-refractivity contribution in [3.63, 3.8) is 0 Å². The van der Waals surface area contributed by atoms with Gasteiger partial charge < -0.3 is 9.88 Å². The van der Waals surface area contributed by atoms with Gasteiger partial charge in [0.25, 0.3) is 0 Å². The molecule has 0 aliphatic carbocycles. The Morgan fingerprint density at radius 1 is 1.38 bits per heavy atom. The summed E-state index contributed by atoms with van der Waals surface area (Å²) >= 11 is 6.39. The van der Waals surface area contributed by atoms with Gasteiger partial charge in [-0.3, -0.25) is 9.69 Å². The van der Waals surface area contributed by atoms with Crippen molar-refractivity contribution in [1.29, 1.82) is 0 Å². The first-order chi connectivity index (χ1) is 11.5. The summed E-state index contributed by atoms with van der Waals surface area (Å²) in [4.78, 5) is 21.0. The van der Waals surface area contributed by atoms with Crippen molar-refractivity contribution in [3.05, 3.63) is 34.5 Å². The van der Waals surface area contributed by atoms with Gasteiger partial charge in [-0.15, -0.1) is 0 Å². The minimum atomic E-state index is -0.243. The van der Waals surface area contributed by atoms with Crippen molar-refractivity contribution in [2.75, 3.05) is 20.1 Å². The number of benzene rings is 1. The number of para-hydroxylation sites is 1. The number of fused-ring (bicyclic) bond motifs is 1. The number of H-pyrrole nitrogens is 1. The van der Waals surface area contributed by atoms with E-state index < -0.39 is 0 Å². The van der Waals surface area contributed by atoms with E-state index in [4.69, 9.17) is 11.6 Å². The number of aromatic amines is 1. The van der Waals surface area contributed by atoms with E-state index in [1.807, 2.05) is 24.1 Å². The summed E-state index contributed by atoms with van der Waals surface area (Å²) < 4.78 is 0. The number of likely N-dealkylation sites (tertiary alicyclic amines) is 1. The predicted octanol–water partition coefficient (Wildman–Crippen LogP) is 3.50. The number of hydrogen-bond donors (Lipinski definition) is 1. The third kappa shape index (κ3) is 1.61. The number of aromatic nitrogens is 1. The fraction of sp³-hybridized carbons (Fsp3) is 0.526. The molecule has 0 saturated carbocycles. The number of nitrogens with one attached hydrogen (secondary N) is 1. The van der Waals surface area contributed by atoms with Gasteiger partial charge in [0.2, 0.25) is 5.91 Å². The van der Waals surface area contributed by atoms with Crippen molar-refractivity contribution >= 4 is 28.4 Å². The maximum Gasteiger partial charge on any atom is 0.243 e. The van der Waals surface area contributed by atoms with Crippen LogP contribution in [-0.4, -0.2) is 46.4 Å². The Balaban J connectivity index is 1.64. The maximum atomic E-state index is 12.9. The van der Waals surface area contributed by atoms with Crippen LogP contribution in [0.4, 0.5) is 0 Å². The molecule has 3 aliphatic rings. The molecule has 3 atom stereocenters. The molecular formula is C19H22ClN3O. The third-order valence-corrected chi connectivity index (χ3v) is 6.97. The zero-order chi connectivity index (χ0) is 16.6. The zero-order valence-electron chi connectivity index (χ0n) is 14.1. The number of likely N-dealkylation sites (N-methyl/N-ethyl adjacent to an activating group) is 1. The van der Waals surface area contributed by atoms with Gasteiger partial charge in [-0.2, -0.15) is 0 Å². The van der Waals surface area contributed by atoms with Crippen LogP contribution in [-0.2, 0) is 4.79 Å². The van der Waals surface area contributed by atoms with Gasteiger partial charge in [0.1, 0.15) is 5.54 Å². The Morgan fingerprint density at radius 2 is 2.21 bits per heavy atom. The number of nitrogens with zero attached hydrogens (tertiary/aromatic N) is 2. The molecule has 2 aromatic rings. The Kier molecular flexibility index (Phi) is 2.94. The molecule has 4 nitrogen and oxygen atoms in total. The normalized spacial score (nSPS) is 32.8. The highest BCUT2D eigenvalue weighted by molar-refractivity contribution is 6.35. The number of carbonyl (C=O) groups is 1. The van der Waals surface area contributed by atoms with Crippen molar-refractivity contribution in [1.82, 2.24) is 14.8 Å². The minimum absolute atomic E-state index is 0.243. The van der Waals surface area contributed by atoms with Crippen molar-refractivity contribution in [3.8, 4) is 0 Å². The molecule has 24 heavy (non-hydrogen) atoms. The number of rotatable bonds is 1. The van der Waals surface area contributed by atoms with Crippen LogP contribution in [0.3, 0.4) is 0 Å². The number of hydrogen-bond acceptors (Lipinski definition) is 2. The Morgan fingerprint density at radius 3 is 3.00 bits per heavy atom. The molecule has 4 heterocycles. The van der Waals surface area contributed by atoms with Crippen LogP contribution in [0.1, 0.15) is 36.6 Å². The fourth-order valence-electron chi connectivity index (χ4n) is 5.64. The van der Waals surface area contributed by atoms with Gasteiger partial charge in [0, 0.05) is 30.6 Å². The summed E-state index contributed by atoms with van der Waals surface area (Å²) in [6, 6.07) is 6.38. The molecule has 1 amide bonds. The van der Waals surface area contributed by atoms with Crippen LogP contribution < -0.4 is 0 Å². The highest BCUT2D eigenvalue weighted by Gasteiger charge is 2.64. The SMILES string of the molecule is Cc1c([C@@H]2C[C@H]3CN(C)C(=O)[C@]34CCCN24)[nH]c2c(Cl)cccc12. The van der Waals surface area contributed by atoms with Gasteiger partial charge in [0.15, 0.2) is 0 Å². The van der Waals surface area contributed by atoms with Crippen LogP contribution in [0.5, 0.6) is 0 Å². The summed E-state index contributed by atoms with van der Waals surface area (Å²) in [5.41, 5.74) is 3.32. The highest BCUT2D eigenvalue weighted by Crippen LogP contribution is 2.56. The smallest absolute Gasteiger partial charge is 0.243 e. The molecule has 5 rings (SSSR count). The van der Waals surface area contributed by atoms with Gasteiger partial charge in [-0.25, -0.2) is 0 Å². The molecular weight excluding hydrogens is 322 g/mol. The fourth-order valence-corrected chi connectivity index (χ4v) is 5.87. The standard InChI is InChI=1S/C19H22ClN3O/c1-11-13-5-3-6-14(20)17(13)21-16(11)15-9-12-10-22(2)18(24)19(12)7-4-8-23(15)19/h3,5-6,12,15,21H,4,7-10H2,1-2H3/t12-,15-,19-/m0/s1. The molecule has 0 bridgehead atoms. The number of halogens is 1. The molecule has 1 spiro atoms. The molecule has 3 fully saturated rings. The number of amides is 1. The van der Waals surface area contributed by atoms with Crippen LogP contribution >= 0.6 is 11.6 Å². The molecule has 0 unspecified atom stereocenters. The molecule has 3 aliphatic heterocycles. The first-order valence-electron chi connectivity index (χ1n) is 8.83. The molecule has 0 radical (unpaired) electrons. The van der Waals surface area contributed by atoms with Gasteiger partial charge >= 0.3 is 0 Å². The topological polar surface area (TPSA) is 39.3 Å². The van der Waals surface area contributed by atoms with Crippen LogP contribution in [0.2, 0.25) is 5.02 Å². The predicted molar refractivity (Wildman–Crippen MR) is 95.2 cm³/mol. The summed E-state index contributed by atoms with van der Waals surface area (Å²) in [6.45, 7) is 4.09. The van der Waals surface area contributed by atoms with E-state index >= 15 is 0 Å². The van der Waals surface area contributed by atoms with Crippen molar-refractivity contribution < 1.29 is 4.79 Å². The average molecular weight is 344 g/mol.